The lowest BCUT2D eigenvalue weighted by Gasteiger charge is -2.14. The Balaban J connectivity index is 3.28. The molecule has 1 aromatic heterocycles. The largest absolute Gasteiger partial charge is 0.574 e. The summed E-state index contributed by atoms with van der Waals surface area (Å²) in [6, 6.07) is 0.236. The van der Waals surface area contributed by atoms with Crippen molar-refractivity contribution in [3.8, 4) is 5.88 Å². The van der Waals surface area contributed by atoms with E-state index < -0.39 is 42.3 Å². The summed E-state index contributed by atoms with van der Waals surface area (Å²) in [7, 11) is 0. The third kappa shape index (κ3) is 3.48. The summed E-state index contributed by atoms with van der Waals surface area (Å²) >= 11 is 0. The van der Waals surface area contributed by atoms with Gasteiger partial charge in [-0.2, -0.15) is 9.37 Å². The second kappa shape index (κ2) is 4.78. The van der Waals surface area contributed by atoms with Crippen molar-refractivity contribution in [1.29, 1.82) is 0 Å². The summed E-state index contributed by atoms with van der Waals surface area (Å²) < 4.78 is 76.3. The fourth-order valence-electron chi connectivity index (χ4n) is 1.08. The second-order valence-electron chi connectivity index (χ2n) is 2.82. The smallest absolute Gasteiger partial charge is 0.391 e. The quantitative estimate of drug-likeness (QED) is 0.671. The average molecular weight is 261 g/mol. The Kier molecular flexibility index (Phi) is 3.81. The second-order valence-corrected chi connectivity index (χ2v) is 2.82. The van der Waals surface area contributed by atoms with Gasteiger partial charge in [0.2, 0.25) is 11.8 Å². The Morgan fingerprint density at radius 1 is 1.35 bits per heavy atom. The van der Waals surface area contributed by atoms with Crippen molar-refractivity contribution in [2.24, 2.45) is 0 Å². The number of pyridine rings is 1. The molecule has 9 heteroatoms. The van der Waals surface area contributed by atoms with Crippen LogP contribution in [-0.4, -0.2) is 16.5 Å². The van der Waals surface area contributed by atoms with Crippen LogP contribution in [0.3, 0.4) is 0 Å². The molecular formula is C8H5F6NO2. The van der Waals surface area contributed by atoms with Gasteiger partial charge in [0, 0.05) is 17.2 Å². The molecule has 0 aromatic carbocycles. The summed E-state index contributed by atoms with van der Waals surface area (Å²) in [5.41, 5.74) is -2.00. The highest BCUT2D eigenvalue weighted by molar-refractivity contribution is 5.35. The number of aromatic nitrogens is 1. The molecule has 0 unspecified atom stereocenters. The molecule has 0 bridgehead atoms. The Bertz CT molecular complexity index is 406. The highest BCUT2D eigenvalue weighted by atomic mass is 19.4. The van der Waals surface area contributed by atoms with E-state index in [1.165, 1.54) is 0 Å². The highest BCUT2D eigenvalue weighted by Gasteiger charge is 2.34. The summed E-state index contributed by atoms with van der Waals surface area (Å²) in [6.45, 7) is -1.18. The van der Waals surface area contributed by atoms with Crippen LogP contribution in [0.1, 0.15) is 17.6 Å². The number of aliphatic hydroxyl groups excluding tert-OH is 1. The van der Waals surface area contributed by atoms with Gasteiger partial charge >= 0.3 is 6.36 Å². The zero-order valence-electron chi connectivity index (χ0n) is 7.93. The van der Waals surface area contributed by atoms with Crippen molar-refractivity contribution in [2.45, 2.75) is 19.4 Å². The van der Waals surface area contributed by atoms with E-state index in [0.29, 0.717) is 0 Å². The lowest BCUT2D eigenvalue weighted by Crippen LogP contribution is -2.20. The number of halogens is 6. The normalized spacial score (nSPS) is 12.0. The van der Waals surface area contributed by atoms with Gasteiger partial charge < -0.3 is 9.84 Å². The van der Waals surface area contributed by atoms with Gasteiger partial charge in [-0.3, -0.25) is 0 Å². The van der Waals surface area contributed by atoms with Crippen LogP contribution < -0.4 is 4.74 Å². The van der Waals surface area contributed by atoms with Crippen LogP contribution in [0.5, 0.6) is 5.88 Å². The van der Waals surface area contributed by atoms with Gasteiger partial charge in [0.25, 0.3) is 6.43 Å². The predicted molar refractivity (Wildman–Crippen MR) is 41.8 cm³/mol. The third-order valence-corrected chi connectivity index (χ3v) is 1.70. The van der Waals surface area contributed by atoms with Crippen molar-refractivity contribution >= 4 is 0 Å². The molecule has 0 atom stereocenters. The van der Waals surface area contributed by atoms with Crippen LogP contribution in [0.25, 0.3) is 0 Å². The molecule has 0 radical (unpaired) electrons. The number of hydrogen-bond acceptors (Lipinski definition) is 3. The fraction of sp³-hybridized carbons (Fsp3) is 0.375. The summed E-state index contributed by atoms with van der Waals surface area (Å²) in [5, 5.41) is 8.69. The van der Waals surface area contributed by atoms with Crippen molar-refractivity contribution in [2.75, 3.05) is 0 Å². The molecule has 0 spiro atoms. The summed E-state index contributed by atoms with van der Waals surface area (Å²) in [4.78, 5) is 2.67. The highest BCUT2D eigenvalue weighted by Crippen LogP contribution is 2.32. The van der Waals surface area contributed by atoms with Crippen molar-refractivity contribution in [3.63, 3.8) is 0 Å². The van der Waals surface area contributed by atoms with Crippen LogP contribution in [0.4, 0.5) is 26.3 Å². The molecule has 1 heterocycles. The molecule has 0 saturated heterocycles. The van der Waals surface area contributed by atoms with Gasteiger partial charge in [-0.15, -0.1) is 13.2 Å². The van der Waals surface area contributed by atoms with Crippen LogP contribution in [-0.2, 0) is 6.61 Å². The van der Waals surface area contributed by atoms with Gasteiger partial charge in [-0.25, -0.2) is 8.78 Å². The monoisotopic (exact) mass is 261 g/mol. The number of hydrogen-bond donors (Lipinski definition) is 1. The Labute approximate surface area is 90.6 Å². The van der Waals surface area contributed by atoms with Gasteiger partial charge in [-0.05, 0) is 0 Å². The minimum atomic E-state index is -5.22. The van der Waals surface area contributed by atoms with E-state index in [-0.39, 0.29) is 6.07 Å². The van der Waals surface area contributed by atoms with Crippen LogP contribution >= 0.6 is 0 Å². The summed E-state index contributed by atoms with van der Waals surface area (Å²) in [6.07, 6.45) is -8.48. The summed E-state index contributed by atoms with van der Waals surface area (Å²) in [5.74, 6) is -2.98. The molecule has 0 saturated carbocycles. The number of nitrogens with zero attached hydrogens (tertiary/aromatic N) is 1. The Morgan fingerprint density at radius 3 is 2.35 bits per heavy atom. The zero-order chi connectivity index (χ0) is 13.2. The van der Waals surface area contributed by atoms with E-state index >= 15 is 0 Å². The Hall–Kier alpha value is -1.51. The Morgan fingerprint density at radius 2 is 1.94 bits per heavy atom. The number of rotatable bonds is 3. The molecular weight excluding hydrogens is 256 g/mol. The SMILES string of the molecule is OCc1c(C(F)F)cc(F)nc1OC(F)(F)F. The topological polar surface area (TPSA) is 42.4 Å². The lowest BCUT2D eigenvalue weighted by atomic mass is 10.1. The average Bonchev–Trinajstić information content (AvgIpc) is 2.14. The standard InChI is InChI=1S/C8H5F6NO2/c9-5-1-3(6(10)11)4(2-16)7(15-5)17-8(12,13)14/h1,6,16H,2H2. The van der Waals surface area contributed by atoms with E-state index in [1.807, 2.05) is 0 Å². The third-order valence-electron chi connectivity index (χ3n) is 1.70. The number of ether oxygens (including phenoxy) is 1. The van der Waals surface area contributed by atoms with Gasteiger partial charge in [0.05, 0.1) is 6.61 Å². The molecule has 96 valence electrons. The molecule has 0 aliphatic heterocycles. The molecule has 0 fully saturated rings. The molecule has 3 nitrogen and oxygen atoms in total. The molecule has 0 amide bonds. The van der Waals surface area contributed by atoms with Crippen LogP contribution in [0.15, 0.2) is 6.07 Å². The van der Waals surface area contributed by atoms with E-state index in [4.69, 9.17) is 5.11 Å². The van der Waals surface area contributed by atoms with Gasteiger partial charge in [0.1, 0.15) is 0 Å². The van der Waals surface area contributed by atoms with Gasteiger partial charge in [-0.1, -0.05) is 0 Å². The molecule has 17 heavy (non-hydrogen) atoms. The minimum absolute atomic E-state index is 0.236. The first-order chi connectivity index (χ1) is 7.74. The molecule has 1 rings (SSSR count). The minimum Gasteiger partial charge on any atom is -0.391 e. The van der Waals surface area contributed by atoms with Crippen molar-refractivity contribution < 1.29 is 36.2 Å². The van der Waals surface area contributed by atoms with Crippen molar-refractivity contribution in [3.05, 3.63) is 23.1 Å². The first-order valence-corrected chi connectivity index (χ1v) is 4.08. The number of alkyl halides is 5. The van der Waals surface area contributed by atoms with Crippen molar-refractivity contribution in [1.82, 2.24) is 4.98 Å². The first kappa shape index (κ1) is 13.6. The van der Waals surface area contributed by atoms with E-state index in [2.05, 4.69) is 9.72 Å². The molecule has 0 aliphatic rings. The van der Waals surface area contributed by atoms with Crippen LogP contribution in [0.2, 0.25) is 0 Å². The molecule has 0 aliphatic carbocycles. The van der Waals surface area contributed by atoms with Crippen LogP contribution in [0, 0.1) is 5.95 Å². The lowest BCUT2D eigenvalue weighted by molar-refractivity contribution is -0.276. The number of aliphatic hydroxyl groups is 1. The maximum Gasteiger partial charge on any atom is 0.574 e. The van der Waals surface area contributed by atoms with E-state index in [9.17, 15) is 26.3 Å². The first-order valence-electron chi connectivity index (χ1n) is 4.08. The maximum absolute atomic E-state index is 12.7. The predicted octanol–water partition coefficient (Wildman–Crippen LogP) is 2.55. The fourth-order valence-corrected chi connectivity index (χ4v) is 1.08. The maximum atomic E-state index is 12.7. The zero-order valence-corrected chi connectivity index (χ0v) is 7.93. The molecule has 1 N–H and O–H groups in total. The van der Waals surface area contributed by atoms with E-state index in [0.717, 1.165) is 0 Å². The molecule has 1 aromatic rings. The van der Waals surface area contributed by atoms with Gasteiger partial charge in [0.15, 0.2) is 0 Å². The van der Waals surface area contributed by atoms with E-state index in [1.54, 1.807) is 0 Å².